The van der Waals surface area contributed by atoms with Gasteiger partial charge < -0.3 is 10.5 Å². The molecule has 0 spiro atoms. The first-order chi connectivity index (χ1) is 7.26. The number of hydrogen-bond donors (Lipinski definition) is 1. The standard InChI is InChI=1S/C13H19NO/c1-3-8-15-13-6-4-12(5-7-13)9-11(2)10-14/h4-7,9H,3,8,10,14H2,1-2H3. The van der Waals surface area contributed by atoms with Gasteiger partial charge in [0.1, 0.15) is 5.75 Å². The van der Waals surface area contributed by atoms with Crippen LogP contribution in [0, 0.1) is 0 Å². The lowest BCUT2D eigenvalue weighted by molar-refractivity contribution is 0.317. The zero-order chi connectivity index (χ0) is 11.1. The monoisotopic (exact) mass is 205 g/mol. The van der Waals surface area contributed by atoms with Gasteiger partial charge in [-0.2, -0.15) is 0 Å². The van der Waals surface area contributed by atoms with Crippen LogP contribution < -0.4 is 10.5 Å². The highest BCUT2D eigenvalue weighted by Gasteiger charge is 1.93. The van der Waals surface area contributed by atoms with Crippen LogP contribution in [0.1, 0.15) is 25.8 Å². The Balaban J connectivity index is 2.64. The topological polar surface area (TPSA) is 35.2 Å². The van der Waals surface area contributed by atoms with Crippen molar-refractivity contribution in [2.24, 2.45) is 5.73 Å². The van der Waals surface area contributed by atoms with E-state index in [-0.39, 0.29) is 0 Å². The SMILES string of the molecule is CCCOc1ccc(C=C(C)CN)cc1. The number of rotatable bonds is 5. The van der Waals surface area contributed by atoms with Crippen molar-refractivity contribution in [3.63, 3.8) is 0 Å². The Bertz CT molecular complexity index is 314. The molecule has 1 aromatic carbocycles. The largest absolute Gasteiger partial charge is 0.494 e. The summed E-state index contributed by atoms with van der Waals surface area (Å²) in [5.41, 5.74) is 7.87. The molecule has 0 saturated heterocycles. The van der Waals surface area contributed by atoms with Crippen molar-refractivity contribution in [1.29, 1.82) is 0 Å². The number of hydrogen-bond acceptors (Lipinski definition) is 2. The second kappa shape index (κ2) is 6.25. The van der Waals surface area contributed by atoms with E-state index in [0.717, 1.165) is 18.8 Å². The first kappa shape index (κ1) is 11.8. The van der Waals surface area contributed by atoms with Gasteiger partial charge in [-0.15, -0.1) is 0 Å². The first-order valence-corrected chi connectivity index (χ1v) is 5.36. The van der Waals surface area contributed by atoms with Crippen molar-refractivity contribution in [2.75, 3.05) is 13.2 Å². The van der Waals surface area contributed by atoms with E-state index in [1.54, 1.807) is 0 Å². The van der Waals surface area contributed by atoms with Gasteiger partial charge in [-0.25, -0.2) is 0 Å². The molecule has 15 heavy (non-hydrogen) atoms. The number of ether oxygens (including phenoxy) is 1. The maximum absolute atomic E-state index is 5.52. The van der Waals surface area contributed by atoms with E-state index in [2.05, 4.69) is 13.0 Å². The van der Waals surface area contributed by atoms with Crippen molar-refractivity contribution in [3.05, 3.63) is 35.4 Å². The normalized spacial score (nSPS) is 11.5. The molecule has 1 aromatic rings. The minimum absolute atomic E-state index is 0.605. The molecule has 2 heteroatoms. The zero-order valence-electron chi connectivity index (χ0n) is 9.49. The van der Waals surface area contributed by atoms with Crippen LogP contribution in [-0.2, 0) is 0 Å². The van der Waals surface area contributed by atoms with E-state index in [1.165, 1.54) is 11.1 Å². The van der Waals surface area contributed by atoms with Gasteiger partial charge in [0, 0.05) is 6.54 Å². The molecule has 0 aliphatic rings. The summed E-state index contributed by atoms with van der Waals surface area (Å²) in [6.45, 7) is 5.51. The van der Waals surface area contributed by atoms with E-state index in [0.29, 0.717) is 6.54 Å². The predicted octanol–water partition coefficient (Wildman–Crippen LogP) is 2.84. The summed E-state index contributed by atoms with van der Waals surface area (Å²) in [5, 5.41) is 0. The average Bonchev–Trinajstić information content (AvgIpc) is 2.28. The Morgan fingerprint density at radius 3 is 2.53 bits per heavy atom. The van der Waals surface area contributed by atoms with Crippen LogP contribution in [0.25, 0.3) is 6.08 Å². The second-order valence-corrected chi connectivity index (χ2v) is 3.61. The second-order valence-electron chi connectivity index (χ2n) is 3.61. The highest BCUT2D eigenvalue weighted by molar-refractivity contribution is 5.53. The van der Waals surface area contributed by atoms with E-state index in [9.17, 15) is 0 Å². The molecule has 0 aliphatic heterocycles. The third-order valence-corrected chi connectivity index (χ3v) is 2.09. The van der Waals surface area contributed by atoms with Gasteiger partial charge in [-0.3, -0.25) is 0 Å². The maximum Gasteiger partial charge on any atom is 0.119 e. The molecule has 2 nitrogen and oxygen atoms in total. The van der Waals surface area contributed by atoms with Gasteiger partial charge in [0.2, 0.25) is 0 Å². The average molecular weight is 205 g/mol. The molecule has 0 aliphatic carbocycles. The summed E-state index contributed by atoms with van der Waals surface area (Å²) in [6.07, 6.45) is 3.12. The number of benzene rings is 1. The molecule has 0 saturated carbocycles. The summed E-state index contributed by atoms with van der Waals surface area (Å²) in [7, 11) is 0. The van der Waals surface area contributed by atoms with Gasteiger partial charge in [0.05, 0.1) is 6.61 Å². The Kier molecular flexibility index (Phi) is 4.91. The molecule has 0 aromatic heterocycles. The molecule has 2 N–H and O–H groups in total. The fraction of sp³-hybridized carbons (Fsp3) is 0.385. The molecule has 0 bridgehead atoms. The number of nitrogens with two attached hydrogens (primary N) is 1. The van der Waals surface area contributed by atoms with Crippen molar-refractivity contribution in [3.8, 4) is 5.75 Å². The van der Waals surface area contributed by atoms with Gasteiger partial charge in [-0.1, -0.05) is 30.7 Å². The highest BCUT2D eigenvalue weighted by Crippen LogP contribution is 2.14. The van der Waals surface area contributed by atoms with Gasteiger partial charge in [0.15, 0.2) is 0 Å². The summed E-state index contributed by atoms with van der Waals surface area (Å²) >= 11 is 0. The van der Waals surface area contributed by atoms with E-state index >= 15 is 0 Å². The highest BCUT2D eigenvalue weighted by atomic mass is 16.5. The van der Waals surface area contributed by atoms with Crippen molar-refractivity contribution in [1.82, 2.24) is 0 Å². The maximum atomic E-state index is 5.52. The quantitative estimate of drug-likeness (QED) is 0.802. The summed E-state index contributed by atoms with van der Waals surface area (Å²) in [4.78, 5) is 0. The first-order valence-electron chi connectivity index (χ1n) is 5.36. The van der Waals surface area contributed by atoms with E-state index in [4.69, 9.17) is 10.5 Å². The molecule has 82 valence electrons. The fourth-order valence-electron chi connectivity index (χ4n) is 1.22. The van der Waals surface area contributed by atoms with Crippen LogP contribution in [0.4, 0.5) is 0 Å². The third kappa shape index (κ3) is 4.17. The Labute approximate surface area is 91.7 Å². The van der Waals surface area contributed by atoms with Crippen LogP contribution in [0.5, 0.6) is 5.75 Å². The van der Waals surface area contributed by atoms with E-state index < -0.39 is 0 Å². The van der Waals surface area contributed by atoms with Crippen LogP contribution in [0.15, 0.2) is 29.8 Å². The van der Waals surface area contributed by atoms with Crippen LogP contribution in [0.2, 0.25) is 0 Å². The summed E-state index contributed by atoms with van der Waals surface area (Å²) in [5.74, 6) is 0.930. The van der Waals surface area contributed by atoms with Crippen LogP contribution in [-0.4, -0.2) is 13.2 Å². The van der Waals surface area contributed by atoms with E-state index in [1.807, 2.05) is 31.2 Å². The Morgan fingerprint density at radius 2 is 2.00 bits per heavy atom. The summed E-state index contributed by atoms with van der Waals surface area (Å²) < 4.78 is 5.50. The van der Waals surface area contributed by atoms with Crippen LogP contribution in [0.3, 0.4) is 0 Å². The van der Waals surface area contributed by atoms with Crippen molar-refractivity contribution < 1.29 is 4.74 Å². The fourth-order valence-corrected chi connectivity index (χ4v) is 1.22. The molecule has 1 rings (SSSR count). The third-order valence-electron chi connectivity index (χ3n) is 2.09. The molecule has 0 fully saturated rings. The molecule has 0 atom stereocenters. The minimum atomic E-state index is 0.605. The van der Waals surface area contributed by atoms with Gasteiger partial charge >= 0.3 is 0 Å². The lowest BCUT2D eigenvalue weighted by Gasteiger charge is -2.04. The molecule has 0 heterocycles. The smallest absolute Gasteiger partial charge is 0.119 e. The Morgan fingerprint density at radius 1 is 1.33 bits per heavy atom. The lowest BCUT2D eigenvalue weighted by atomic mass is 10.1. The van der Waals surface area contributed by atoms with Gasteiger partial charge in [0.25, 0.3) is 0 Å². The predicted molar refractivity (Wildman–Crippen MR) is 64.9 cm³/mol. The van der Waals surface area contributed by atoms with Gasteiger partial charge in [-0.05, 0) is 31.0 Å². The molecule has 0 radical (unpaired) electrons. The lowest BCUT2D eigenvalue weighted by Crippen LogP contribution is -1.99. The molecule has 0 amide bonds. The summed E-state index contributed by atoms with van der Waals surface area (Å²) in [6, 6.07) is 8.07. The van der Waals surface area contributed by atoms with Crippen molar-refractivity contribution in [2.45, 2.75) is 20.3 Å². The van der Waals surface area contributed by atoms with Crippen molar-refractivity contribution >= 4 is 6.08 Å². The Hall–Kier alpha value is -1.28. The van der Waals surface area contributed by atoms with Crippen LogP contribution >= 0.6 is 0 Å². The molecular weight excluding hydrogens is 186 g/mol. The minimum Gasteiger partial charge on any atom is -0.494 e. The molecule has 0 unspecified atom stereocenters. The molecular formula is C13H19NO. The zero-order valence-corrected chi connectivity index (χ0v) is 9.49.